The number of hydrogen-bond acceptors (Lipinski definition) is 7. The van der Waals surface area contributed by atoms with E-state index in [1.54, 1.807) is 49.7 Å². The Morgan fingerprint density at radius 1 is 1.00 bits per heavy atom. The second-order valence-corrected chi connectivity index (χ2v) is 9.25. The van der Waals surface area contributed by atoms with Crippen LogP contribution in [0.15, 0.2) is 83.9 Å². The molecule has 10 nitrogen and oxygen atoms in total. The Bertz CT molecular complexity index is 1790. The molecule has 2 aromatic carbocycles. The maximum atomic E-state index is 13.8. The molecule has 206 valence electrons. The Hall–Kier alpha value is -5.51. The van der Waals surface area contributed by atoms with Crippen molar-refractivity contribution in [3.05, 3.63) is 106 Å². The number of carbonyl (C=O) groups excluding carboxylic acids is 1. The number of rotatable bonds is 9. The number of pyridine rings is 3. The summed E-state index contributed by atoms with van der Waals surface area (Å²) in [6.45, 7) is -0.158. The summed E-state index contributed by atoms with van der Waals surface area (Å²) >= 11 is 0. The average Bonchev–Trinajstić information content (AvgIpc) is 2.98. The predicted octanol–water partition coefficient (Wildman–Crippen LogP) is 4.16. The minimum Gasteiger partial charge on any atom is -0.505 e. The second kappa shape index (κ2) is 11.7. The Labute approximate surface area is 234 Å². The number of carbonyl (C=O) groups is 2. The van der Waals surface area contributed by atoms with Crippen LogP contribution < -0.4 is 15.6 Å². The summed E-state index contributed by atoms with van der Waals surface area (Å²) in [6.07, 6.45) is 3.07. The van der Waals surface area contributed by atoms with E-state index in [9.17, 15) is 19.5 Å². The molecule has 1 amide bonds. The molecule has 0 aliphatic carbocycles. The minimum absolute atomic E-state index is 0.158. The van der Waals surface area contributed by atoms with Gasteiger partial charge in [-0.3, -0.25) is 19.4 Å². The van der Waals surface area contributed by atoms with Crippen LogP contribution in [-0.2, 0) is 11.2 Å². The normalized spacial score (nSPS) is 10.9. The lowest BCUT2D eigenvalue weighted by atomic mass is 9.91. The first-order valence-corrected chi connectivity index (χ1v) is 12.8. The van der Waals surface area contributed by atoms with Crippen molar-refractivity contribution in [2.75, 3.05) is 13.7 Å². The highest BCUT2D eigenvalue weighted by atomic mass is 16.5. The molecule has 5 rings (SSSR count). The van der Waals surface area contributed by atoms with Crippen molar-refractivity contribution in [2.24, 2.45) is 0 Å². The van der Waals surface area contributed by atoms with Gasteiger partial charge in [-0.25, -0.2) is 4.98 Å². The van der Waals surface area contributed by atoms with Crippen LogP contribution in [-0.4, -0.2) is 50.7 Å². The molecule has 0 fully saturated rings. The molecule has 0 bridgehead atoms. The van der Waals surface area contributed by atoms with Crippen LogP contribution in [0.2, 0.25) is 0 Å². The topological polar surface area (TPSA) is 154 Å². The van der Waals surface area contributed by atoms with Crippen molar-refractivity contribution in [3.8, 4) is 33.9 Å². The molecule has 0 atom stereocenters. The Balaban J connectivity index is 1.84. The quantitative estimate of drug-likeness (QED) is 0.213. The fraction of sp³-hybridized carbons (Fsp3) is 0.129. The highest BCUT2D eigenvalue weighted by molar-refractivity contribution is 6.07. The van der Waals surface area contributed by atoms with E-state index in [0.29, 0.717) is 28.0 Å². The van der Waals surface area contributed by atoms with Crippen molar-refractivity contribution < 1.29 is 24.5 Å². The molecule has 10 heteroatoms. The lowest BCUT2D eigenvalue weighted by Gasteiger charge is -2.18. The fourth-order valence-corrected chi connectivity index (χ4v) is 4.71. The number of benzene rings is 2. The number of aromatic hydroxyl groups is 1. The Morgan fingerprint density at radius 3 is 2.41 bits per heavy atom. The van der Waals surface area contributed by atoms with E-state index in [4.69, 9.17) is 9.84 Å². The molecule has 0 radical (unpaired) electrons. The van der Waals surface area contributed by atoms with Crippen molar-refractivity contribution in [1.82, 2.24) is 20.3 Å². The van der Waals surface area contributed by atoms with Gasteiger partial charge >= 0.3 is 5.97 Å². The van der Waals surface area contributed by atoms with Gasteiger partial charge in [0.25, 0.3) is 11.5 Å². The number of ether oxygens (including phenoxy) is 1. The van der Waals surface area contributed by atoms with Gasteiger partial charge in [0.05, 0.1) is 30.3 Å². The summed E-state index contributed by atoms with van der Waals surface area (Å²) in [4.78, 5) is 49.5. The average molecular weight is 551 g/mol. The SMILES string of the molecule is COc1ccc(-c2c(Cc3ccccc3)c3c(O)c(C(=O)NCCC(=O)O)nc(-c4cccnc4)c3[nH]c2=O)cc1. The van der Waals surface area contributed by atoms with Gasteiger partial charge in [0, 0.05) is 29.9 Å². The van der Waals surface area contributed by atoms with E-state index in [-0.39, 0.29) is 41.7 Å². The number of nitrogens with zero attached hydrogens (tertiary/aromatic N) is 2. The lowest BCUT2D eigenvalue weighted by Crippen LogP contribution is -2.27. The summed E-state index contributed by atoms with van der Waals surface area (Å²) in [5.74, 6) is -1.65. The third-order valence-corrected chi connectivity index (χ3v) is 6.62. The van der Waals surface area contributed by atoms with Gasteiger partial charge < -0.3 is 25.3 Å². The zero-order chi connectivity index (χ0) is 28.9. The van der Waals surface area contributed by atoms with Crippen LogP contribution in [0, 0.1) is 0 Å². The number of amides is 1. The number of carboxylic acids is 1. The van der Waals surface area contributed by atoms with Gasteiger partial charge in [0.2, 0.25) is 0 Å². The summed E-state index contributed by atoms with van der Waals surface area (Å²) in [7, 11) is 1.55. The predicted molar refractivity (Wildman–Crippen MR) is 153 cm³/mol. The number of methoxy groups -OCH3 is 1. The van der Waals surface area contributed by atoms with Crippen LogP contribution in [0.1, 0.15) is 28.0 Å². The van der Waals surface area contributed by atoms with Crippen LogP contribution in [0.3, 0.4) is 0 Å². The Kier molecular flexibility index (Phi) is 7.73. The highest BCUT2D eigenvalue weighted by Gasteiger charge is 2.26. The van der Waals surface area contributed by atoms with Gasteiger partial charge in [-0.05, 0) is 47.4 Å². The molecular weight excluding hydrogens is 524 g/mol. The van der Waals surface area contributed by atoms with Crippen LogP contribution in [0.5, 0.6) is 11.5 Å². The van der Waals surface area contributed by atoms with Crippen molar-refractivity contribution in [1.29, 1.82) is 0 Å². The van der Waals surface area contributed by atoms with E-state index >= 15 is 0 Å². The molecular formula is C31H26N4O6. The fourth-order valence-electron chi connectivity index (χ4n) is 4.71. The monoisotopic (exact) mass is 550 g/mol. The number of carboxylic acid groups (broad SMARTS) is 1. The molecule has 0 unspecified atom stereocenters. The van der Waals surface area contributed by atoms with Gasteiger partial charge in [-0.2, -0.15) is 0 Å². The molecule has 0 aliphatic heterocycles. The summed E-state index contributed by atoms with van der Waals surface area (Å²) in [5.41, 5.74) is 2.56. The minimum atomic E-state index is -1.08. The number of H-pyrrole nitrogens is 1. The number of nitrogens with one attached hydrogen (secondary N) is 2. The van der Waals surface area contributed by atoms with Crippen molar-refractivity contribution >= 4 is 22.8 Å². The highest BCUT2D eigenvalue weighted by Crippen LogP contribution is 2.39. The van der Waals surface area contributed by atoms with Gasteiger partial charge in [-0.1, -0.05) is 42.5 Å². The smallest absolute Gasteiger partial charge is 0.305 e. The molecule has 3 aromatic heterocycles. The van der Waals surface area contributed by atoms with Gasteiger partial charge in [0.1, 0.15) is 5.75 Å². The lowest BCUT2D eigenvalue weighted by molar-refractivity contribution is -0.136. The van der Waals surface area contributed by atoms with E-state index in [1.807, 2.05) is 30.3 Å². The zero-order valence-corrected chi connectivity index (χ0v) is 22.0. The van der Waals surface area contributed by atoms with Gasteiger partial charge in [0.15, 0.2) is 11.4 Å². The first-order valence-electron chi connectivity index (χ1n) is 12.8. The number of aromatic nitrogens is 3. The van der Waals surface area contributed by atoms with Crippen molar-refractivity contribution in [2.45, 2.75) is 12.8 Å². The van der Waals surface area contributed by atoms with Gasteiger partial charge in [-0.15, -0.1) is 0 Å². The molecule has 5 aromatic rings. The van der Waals surface area contributed by atoms with E-state index in [1.165, 1.54) is 6.20 Å². The van der Waals surface area contributed by atoms with Crippen molar-refractivity contribution in [3.63, 3.8) is 0 Å². The summed E-state index contributed by atoms with van der Waals surface area (Å²) in [6, 6.07) is 19.8. The largest absolute Gasteiger partial charge is 0.505 e. The maximum absolute atomic E-state index is 13.8. The van der Waals surface area contributed by atoms with Crippen LogP contribution in [0.25, 0.3) is 33.3 Å². The van der Waals surface area contributed by atoms with E-state index < -0.39 is 23.2 Å². The number of aromatic amines is 1. The first-order chi connectivity index (χ1) is 19.9. The third-order valence-electron chi connectivity index (χ3n) is 6.62. The molecule has 0 saturated heterocycles. The van der Waals surface area contributed by atoms with Crippen LogP contribution in [0.4, 0.5) is 0 Å². The van der Waals surface area contributed by atoms with E-state index in [0.717, 1.165) is 5.56 Å². The maximum Gasteiger partial charge on any atom is 0.305 e. The molecule has 0 aliphatic rings. The first kappa shape index (κ1) is 27.1. The Morgan fingerprint density at radius 2 is 1.76 bits per heavy atom. The molecule has 3 heterocycles. The molecule has 4 N–H and O–H groups in total. The van der Waals surface area contributed by atoms with E-state index in [2.05, 4.69) is 20.3 Å². The third kappa shape index (κ3) is 5.62. The zero-order valence-electron chi connectivity index (χ0n) is 22.0. The summed E-state index contributed by atoms with van der Waals surface area (Å²) in [5, 5.41) is 23.4. The number of hydrogen-bond donors (Lipinski definition) is 4. The number of fused-ring (bicyclic) bond motifs is 1. The number of aliphatic carboxylic acids is 1. The molecule has 0 spiro atoms. The molecule has 41 heavy (non-hydrogen) atoms. The second-order valence-electron chi connectivity index (χ2n) is 9.25. The standard InChI is InChI=1S/C31H26N4O6/c1-41-21-11-9-19(10-12-21)24-22(16-18-6-3-2-4-7-18)25-27(35-30(24)39)26(20-8-5-14-32-17-20)34-28(29(25)38)31(40)33-15-13-23(36)37/h2-12,14,17,38H,13,15-16H2,1H3,(H,33,40)(H,35,39)(H,36,37). The van der Waals surface area contributed by atoms with Crippen LogP contribution >= 0.6 is 0 Å². The summed E-state index contributed by atoms with van der Waals surface area (Å²) < 4.78 is 5.28. The molecule has 0 saturated carbocycles.